The van der Waals surface area contributed by atoms with Gasteiger partial charge in [0, 0.05) is 24.3 Å². The lowest BCUT2D eigenvalue weighted by molar-refractivity contribution is -0.00000859. The van der Waals surface area contributed by atoms with Gasteiger partial charge in [-0.05, 0) is 0 Å². The van der Waals surface area contributed by atoms with E-state index in [1.165, 1.54) is 34.5 Å². The third kappa shape index (κ3) is 3.66. The topological polar surface area (TPSA) is 88.7 Å². The molecule has 144 valence electrons. The van der Waals surface area contributed by atoms with E-state index >= 15 is 0 Å². The molecule has 1 heterocycles. The molecule has 0 radical (unpaired) electrons. The molecule has 0 saturated heterocycles. The molecule has 0 bridgehead atoms. The normalized spacial score (nSPS) is 10.2. The summed E-state index contributed by atoms with van der Waals surface area (Å²) in [6.07, 6.45) is 0. The van der Waals surface area contributed by atoms with Crippen molar-refractivity contribution in [2.45, 2.75) is 0 Å². The van der Waals surface area contributed by atoms with Crippen LogP contribution in [0.4, 0.5) is 0 Å². The van der Waals surface area contributed by atoms with E-state index in [9.17, 15) is 10.2 Å². The van der Waals surface area contributed by atoms with Crippen molar-refractivity contribution in [3.8, 4) is 45.8 Å². The van der Waals surface area contributed by atoms with Crippen molar-refractivity contribution in [3.63, 3.8) is 0 Å². The van der Waals surface area contributed by atoms with E-state index in [-0.39, 0.29) is 45.7 Å². The molecule has 0 saturated carbocycles. The zero-order valence-electron chi connectivity index (χ0n) is 15.2. The minimum atomic E-state index is -0.137. The van der Waals surface area contributed by atoms with Crippen molar-refractivity contribution in [2.75, 3.05) is 28.4 Å². The minimum absolute atomic E-state index is 0. The van der Waals surface area contributed by atoms with Gasteiger partial charge < -0.3 is 46.1 Å². The minimum Gasteiger partial charge on any atom is -1.00 e. The Hall–Kier alpha value is -2.87. The molecule has 0 aliphatic heterocycles. The Balaban J connectivity index is 0.00000261. The van der Waals surface area contributed by atoms with Gasteiger partial charge in [-0.15, -0.1) is 0 Å². The summed E-state index contributed by atoms with van der Waals surface area (Å²) in [5.41, 5.74) is 0.928. The van der Waals surface area contributed by atoms with Crippen molar-refractivity contribution in [1.29, 1.82) is 0 Å². The molecule has 0 aliphatic rings. The fourth-order valence-electron chi connectivity index (χ4n) is 2.69. The second kappa shape index (κ2) is 8.22. The average molecular weight is 439 g/mol. The Morgan fingerprint density at radius 3 is 1.85 bits per heavy atom. The number of fused-ring (bicyclic) bond motifs is 1. The summed E-state index contributed by atoms with van der Waals surface area (Å²) in [6, 6.07) is 8.01. The molecule has 27 heavy (non-hydrogen) atoms. The molecule has 0 atom stereocenters. The van der Waals surface area contributed by atoms with Crippen LogP contribution in [-0.4, -0.2) is 38.7 Å². The number of ether oxygens (including phenoxy) is 4. The third-order valence-corrected chi connectivity index (χ3v) is 4.00. The molecular weight excluding hydrogens is 420 g/mol. The third-order valence-electron chi connectivity index (χ3n) is 4.00. The summed E-state index contributed by atoms with van der Waals surface area (Å²) < 4.78 is 26.8. The molecule has 8 heteroatoms. The van der Waals surface area contributed by atoms with Crippen LogP contribution in [0.5, 0.6) is 34.5 Å². The molecule has 2 N–H and O–H groups in total. The molecular formula is C19H19BrO7. The Morgan fingerprint density at radius 1 is 0.741 bits per heavy atom. The molecule has 2 aromatic carbocycles. The van der Waals surface area contributed by atoms with Gasteiger partial charge in [0.05, 0.1) is 40.1 Å². The molecule has 0 spiro atoms. The van der Waals surface area contributed by atoms with Gasteiger partial charge in [-0.25, -0.2) is 4.42 Å². The first-order chi connectivity index (χ1) is 12.5. The second-order valence-corrected chi connectivity index (χ2v) is 5.43. The van der Waals surface area contributed by atoms with Gasteiger partial charge in [-0.3, -0.25) is 0 Å². The van der Waals surface area contributed by atoms with Gasteiger partial charge in [0.25, 0.3) is 0 Å². The number of rotatable bonds is 5. The largest absolute Gasteiger partial charge is 1.00 e. The Bertz CT molecular complexity index is 947. The number of aromatic hydroxyl groups is 2. The molecule has 0 aliphatic carbocycles. The van der Waals surface area contributed by atoms with E-state index in [4.69, 9.17) is 23.4 Å². The van der Waals surface area contributed by atoms with Crippen LogP contribution in [0.15, 0.2) is 34.7 Å². The Morgan fingerprint density at radius 2 is 1.33 bits per heavy atom. The van der Waals surface area contributed by atoms with E-state index in [1.54, 1.807) is 24.3 Å². The molecule has 0 fully saturated rings. The maximum atomic E-state index is 10.5. The van der Waals surface area contributed by atoms with Gasteiger partial charge in [0.2, 0.25) is 11.5 Å². The monoisotopic (exact) mass is 438 g/mol. The lowest BCUT2D eigenvalue weighted by Crippen LogP contribution is -3.00. The van der Waals surface area contributed by atoms with Crippen molar-refractivity contribution in [3.05, 3.63) is 30.3 Å². The summed E-state index contributed by atoms with van der Waals surface area (Å²) in [5, 5.41) is 21.1. The average Bonchev–Trinajstić information content (AvgIpc) is 2.67. The van der Waals surface area contributed by atoms with Crippen LogP contribution in [0, 0.1) is 0 Å². The second-order valence-electron chi connectivity index (χ2n) is 5.43. The van der Waals surface area contributed by atoms with E-state index in [1.807, 2.05) is 0 Å². The fraction of sp³-hybridized carbons (Fsp3) is 0.211. The standard InChI is InChI=1S/C19H18O7.BrH/c1-22-11-7-14(23-2)12-9-13(20)19(26-15(12)8-11)10-5-16(24-3)18(21)17(6-10)25-4;/h5-9H,1-4H3,(H-,20,21);1H. The number of phenols is 1. The Labute approximate surface area is 166 Å². The van der Waals surface area contributed by atoms with E-state index in [0.29, 0.717) is 28.0 Å². The highest BCUT2D eigenvalue weighted by atomic mass is 79.9. The molecule has 1 aromatic heterocycles. The SMILES string of the molecule is COc1cc(OC)c2cc(O)c(-c3cc(OC)c(O)c(OC)c3)[o+]c2c1.[Br-]. The highest BCUT2D eigenvalue weighted by Gasteiger charge is 2.26. The van der Waals surface area contributed by atoms with Gasteiger partial charge >= 0.3 is 11.3 Å². The highest BCUT2D eigenvalue weighted by molar-refractivity contribution is 5.89. The molecule has 3 rings (SSSR count). The van der Waals surface area contributed by atoms with Crippen LogP contribution < -0.4 is 35.9 Å². The van der Waals surface area contributed by atoms with Crippen LogP contribution in [-0.2, 0) is 0 Å². The van der Waals surface area contributed by atoms with Crippen LogP contribution in [0.1, 0.15) is 0 Å². The predicted molar refractivity (Wildman–Crippen MR) is 95.6 cm³/mol. The maximum absolute atomic E-state index is 10.5. The number of phenolic OH excluding ortho intramolecular Hbond substituents is 1. The fourth-order valence-corrected chi connectivity index (χ4v) is 2.69. The predicted octanol–water partition coefficient (Wildman–Crippen LogP) is 0.830. The zero-order valence-corrected chi connectivity index (χ0v) is 16.8. The summed E-state index contributed by atoms with van der Waals surface area (Å²) in [5.74, 6) is 1.39. The van der Waals surface area contributed by atoms with Crippen molar-refractivity contribution in [1.82, 2.24) is 0 Å². The summed E-state index contributed by atoms with van der Waals surface area (Å²) in [4.78, 5) is 0. The van der Waals surface area contributed by atoms with E-state index in [0.717, 1.165) is 0 Å². The van der Waals surface area contributed by atoms with Gasteiger partial charge in [0.1, 0.15) is 16.9 Å². The lowest BCUT2D eigenvalue weighted by Gasteiger charge is -2.09. The van der Waals surface area contributed by atoms with E-state index < -0.39 is 0 Å². The van der Waals surface area contributed by atoms with Crippen molar-refractivity contribution >= 4 is 11.0 Å². The number of methoxy groups -OCH3 is 4. The lowest BCUT2D eigenvalue weighted by atomic mass is 10.1. The van der Waals surface area contributed by atoms with E-state index in [2.05, 4.69) is 0 Å². The zero-order chi connectivity index (χ0) is 18.8. The first kappa shape index (κ1) is 20.4. The summed E-state index contributed by atoms with van der Waals surface area (Å²) in [7, 11) is 5.91. The summed E-state index contributed by atoms with van der Waals surface area (Å²) in [6.45, 7) is 0. The molecule has 7 nitrogen and oxygen atoms in total. The van der Waals surface area contributed by atoms with Crippen molar-refractivity contribution < 1.29 is 50.6 Å². The number of halogens is 1. The first-order valence-electron chi connectivity index (χ1n) is 7.69. The van der Waals surface area contributed by atoms with Crippen LogP contribution in [0.3, 0.4) is 0 Å². The van der Waals surface area contributed by atoms with Crippen molar-refractivity contribution in [2.24, 2.45) is 0 Å². The van der Waals surface area contributed by atoms with Gasteiger partial charge in [-0.2, -0.15) is 0 Å². The molecule has 0 unspecified atom stereocenters. The van der Waals surface area contributed by atoms with Gasteiger partial charge in [0.15, 0.2) is 11.5 Å². The number of benzene rings is 2. The quantitative estimate of drug-likeness (QED) is 0.570. The number of hydrogen-bond acceptors (Lipinski definition) is 6. The van der Waals surface area contributed by atoms with Crippen LogP contribution >= 0.6 is 0 Å². The van der Waals surface area contributed by atoms with Crippen LogP contribution in [0.25, 0.3) is 22.3 Å². The highest BCUT2D eigenvalue weighted by Crippen LogP contribution is 2.44. The molecule has 0 amide bonds. The maximum Gasteiger partial charge on any atom is 0.402 e. The van der Waals surface area contributed by atoms with Crippen LogP contribution in [0.2, 0.25) is 0 Å². The Kier molecular flexibility index (Phi) is 6.22. The van der Waals surface area contributed by atoms with Gasteiger partial charge in [-0.1, -0.05) is 0 Å². The first-order valence-corrected chi connectivity index (χ1v) is 7.69. The smallest absolute Gasteiger partial charge is 0.402 e. The number of hydrogen-bond donors (Lipinski definition) is 2. The summed E-state index contributed by atoms with van der Waals surface area (Å²) >= 11 is 0. The molecule has 3 aromatic rings.